The van der Waals surface area contributed by atoms with Gasteiger partial charge in [0.15, 0.2) is 5.58 Å². The first-order valence-corrected chi connectivity index (χ1v) is 6.00. The molecule has 0 saturated carbocycles. The zero-order valence-electron chi connectivity index (χ0n) is 10.5. The summed E-state index contributed by atoms with van der Waals surface area (Å²) in [4.78, 5) is 16.1. The van der Waals surface area contributed by atoms with Gasteiger partial charge in [0.25, 0.3) is 0 Å². The second kappa shape index (κ2) is 4.31. The largest absolute Gasteiger partial charge is 0.419 e. The van der Waals surface area contributed by atoms with E-state index in [1.807, 2.05) is 17.8 Å². The topological polar surface area (TPSA) is 79.0 Å². The zero-order valence-corrected chi connectivity index (χ0v) is 10.5. The summed E-state index contributed by atoms with van der Waals surface area (Å²) in [5.74, 6) is 0.556. The number of nitrogens with zero attached hydrogens (tertiary/aromatic N) is 3. The van der Waals surface area contributed by atoms with Crippen molar-refractivity contribution >= 4 is 16.8 Å². The van der Waals surface area contributed by atoms with Crippen molar-refractivity contribution in [1.82, 2.24) is 14.1 Å². The van der Waals surface area contributed by atoms with E-state index in [2.05, 4.69) is 4.98 Å². The second-order valence-corrected chi connectivity index (χ2v) is 4.45. The molecule has 98 valence electrons. The first-order valence-electron chi connectivity index (χ1n) is 6.00. The summed E-state index contributed by atoms with van der Waals surface area (Å²) in [5, 5.41) is 0. The maximum Gasteiger partial charge on any atom is 0.419 e. The molecule has 0 amide bonds. The Balaban J connectivity index is 1.96. The Kier molecular flexibility index (Phi) is 2.63. The third-order valence-electron chi connectivity index (χ3n) is 3.17. The molecule has 0 bridgehead atoms. The van der Waals surface area contributed by atoms with E-state index in [1.54, 1.807) is 29.0 Å². The van der Waals surface area contributed by atoms with Gasteiger partial charge in [-0.3, -0.25) is 4.57 Å². The highest BCUT2D eigenvalue weighted by Gasteiger charge is 2.10. The number of fused-ring (bicyclic) bond motifs is 1. The molecule has 0 aliphatic heterocycles. The molecule has 0 atom stereocenters. The molecule has 2 N–H and O–H groups in total. The van der Waals surface area contributed by atoms with Crippen LogP contribution in [0.4, 0.5) is 5.69 Å². The van der Waals surface area contributed by atoms with E-state index < -0.39 is 0 Å². The van der Waals surface area contributed by atoms with Crippen molar-refractivity contribution in [3.63, 3.8) is 0 Å². The molecule has 0 radical (unpaired) electrons. The molecule has 0 saturated heterocycles. The Labute approximate surface area is 109 Å². The van der Waals surface area contributed by atoms with Crippen LogP contribution in [0.15, 0.2) is 39.8 Å². The van der Waals surface area contributed by atoms with Crippen LogP contribution in [-0.2, 0) is 20.0 Å². The SMILES string of the molecule is Cn1ccnc1CCn1c(=O)oc2ccc(N)cc21. The molecule has 3 rings (SSSR count). The number of nitrogens with two attached hydrogens (primary N) is 1. The van der Waals surface area contributed by atoms with Gasteiger partial charge in [0.1, 0.15) is 5.82 Å². The van der Waals surface area contributed by atoms with Gasteiger partial charge in [-0.2, -0.15) is 0 Å². The number of anilines is 1. The minimum Gasteiger partial charge on any atom is -0.408 e. The van der Waals surface area contributed by atoms with Gasteiger partial charge in [-0.1, -0.05) is 0 Å². The zero-order chi connectivity index (χ0) is 13.4. The van der Waals surface area contributed by atoms with Crippen LogP contribution in [0.3, 0.4) is 0 Å². The number of benzene rings is 1. The molecule has 2 aromatic heterocycles. The summed E-state index contributed by atoms with van der Waals surface area (Å²) in [6, 6.07) is 5.18. The van der Waals surface area contributed by atoms with Crippen LogP contribution in [-0.4, -0.2) is 14.1 Å². The molecule has 19 heavy (non-hydrogen) atoms. The molecule has 0 spiro atoms. The highest BCUT2D eigenvalue weighted by atomic mass is 16.4. The smallest absolute Gasteiger partial charge is 0.408 e. The van der Waals surface area contributed by atoms with Gasteiger partial charge in [-0.05, 0) is 18.2 Å². The fourth-order valence-corrected chi connectivity index (χ4v) is 2.14. The van der Waals surface area contributed by atoms with Gasteiger partial charge >= 0.3 is 5.76 Å². The Morgan fingerprint density at radius 2 is 2.26 bits per heavy atom. The van der Waals surface area contributed by atoms with Crippen LogP contribution in [0, 0.1) is 0 Å². The molecule has 1 aromatic carbocycles. The number of nitrogen functional groups attached to an aromatic ring is 1. The standard InChI is InChI=1S/C13H14N4O2/c1-16-7-5-15-12(16)4-6-17-10-8-9(14)2-3-11(10)19-13(17)18/h2-3,5,7-8H,4,6,14H2,1H3. The Hall–Kier alpha value is -2.50. The Morgan fingerprint density at radius 1 is 1.42 bits per heavy atom. The highest BCUT2D eigenvalue weighted by molar-refractivity contribution is 5.76. The Bertz CT molecular complexity index is 781. The quantitative estimate of drug-likeness (QED) is 0.715. The van der Waals surface area contributed by atoms with Crippen molar-refractivity contribution in [3.8, 4) is 0 Å². The van der Waals surface area contributed by atoms with Crippen molar-refractivity contribution in [2.24, 2.45) is 7.05 Å². The van der Waals surface area contributed by atoms with Crippen molar-refractivity contribution in [2.45, 2.75) is 13.0 Å². The number of hydrogen-bond donors (Lipinski definition) is 1. The predicted octanol–water partition coefficient (Wildman–Crippen LogP) is 1.15. The summed E-state index contributed by atoms with van der Waals surface area (Å²) < 4.78 is 8.69. The van der Waals surface area contributed by atoms with Crippen molar-refractivity contribution in [3.05, 3.63) is 47.0 Å². The van der Waals surface area contributed by atoms with Crippen LogP contribution in [0.1, 0.15) is 5.82 Å². The second-order valence-electron chi connectivity index (χ2n) is 4.45. The average molecular weight is 258 g/mol. The highest BCUT2D eigenvalue weighted by Crippen LogP contribution is 2.16. The van der Waals surface area contributed by atoms with E-state index in [9.17, 15) is 4.79 Å². The van der Waals surface area contributed by atoms with E-state index in [0.717, 1.165) is 11.3 Å². The minimum atomic E-state index is -0.366. The number of aryl methyl sites for hydroxylation is 3. The molecule has 2 heterocycles. The Morgan fingerprint density at radius 3 is 3.00 bits per heavy atom. The predicted molar refractivity (Wildman–Crippen MR) is 71.8 cm³/mol. The molecule has 0 fully saturated rings. The number of hydrogen-bond acceptors (Lipinski definition) is 4. The summed E-state index contributed by atoms with van der Waals surface area (Å²) in [6.07, 6.45) is 4.28. The maximum atomic E-state index is 11.8. The third kappa shape index (κ3) is 2.01. The van der Waals surface area contributed by atoms with Crippen LogP contribution in [0.2, 0.25) is 0 Å². The van der Waals surface area contributed by atoms with E-state index in [0.29, 0.717) is 24.2 Å². The monoisotopic (exact) mass is 258 g/mol. The van der Waals surface area contributed by atoms with Gasteiger partial charge in [-0.15, -0.1) is 0 Å². The van der Waals surface area contributed by atoms with Gasteiger partial charge < -0.3 is 14.7 Å². The number of aromatic nitrogens is 3. The fraction of sp³-hybridized carbons (Fsp3) is 0.231. The lowest BCUT2D eigenvalue weighted by molar-refractivity contribution is 0.501. The lowest BCUT2D eigenvalue weighted by Crippen LogP contribution is -2.16. The minimum absolute atomic E-state index is 0.366. The fourth-order valence-electron chi connectivity index (χ4n) is 2.14. The molecular formula is C13H14N4O2. The van der Waals surface area contributed by atoms with E-state index >= 15 is 0 Å². The van der Waals surface area contributed by atoms with Crippen molar-refractivity contribution in [1.29, 1.82) is 0 Å². The lowest BCUT2D eigenvalue weighted by atomic mass is 10.3. The number of rotatable bonds is 3. The van der Waals surface area contributed by atoms with Gasteiger partial charge in [-0.25, -0.2) is 9.78 Å². The summed E-state index contributed by atoms with van der Waals surface area (Å²) in [6.45, 7) is 0.514. The molecule has 0 aliphatic carbocycles. The molecule has 3 aromatic rings. The van der Waals surface area contributed by atoms with Crippen LogP contribution < -0.4 is 11.5 Å². The van der Waals surface area contributed by atoms with Crippen LogP contribution in [0.5, 0.6) is 0 Å². The molecule has 0 aliphatic rings. The van der Waals surface area contributed by atoms with Gasteiger partial charge in [0, 0.05) is 38.1 Å². The number of imidazole rings is 1. The van der Waals surface area contributed by atoms with Gasteiger partial charge in [0.2, 0.25) is 0 Å². The first kappa shape index (κ1) is 11.6. The maximum absolute atomic E-state index is 11.8. The van der Waals surface area contributed by atoms with Crippen molar-refractivity contribution in [2.75, 3.05) is 5.73 Å². The third-order valence-corrected chi connectivity index (χ3v) is 3.17. The first-order chi connectivity index (χ1) is 9.15. The van der Waals surface area contributed by atoms with Crippen LogP contribution >= 0.6 is 0 Å². The van der Waals surface area contributed by atoms with E-state index in [1.165, 1.54) is 0 Å². The molecule has 6 heteroatoms. The molecular weight excluding hydrogens is 244 g/mol. The van der Waals surface area contributed by atoms with E-state index in [4.69, 9.17) is 10.2 Å². The molecule has 6 nitrogen and oxygen atoms in total. The number of oxazole rings is 1. The summed E-state index contributed by atoms with van der Waals surface area (Å²) in [7, 11) is 1.93. The summed E-state index contributed by atoms with van der Waals surface area (Å²) in [5.41, 5.74) is 7.63. The van der Waals surface area contributed by atoms with Crippen LogP contribution in [0.25, 0.3) is 11.1 Å². The normalized spacial score (nSPS) is 11.2. The van der Waals surface area contributed by atoms with Crippen molar-refractivity contribution < 1.29 is 4.42 Å². The average Bonchev–Trinajstić information content (AvgIpc) is 2.90. The van der Waals surface area contributed by atoms with Gasteiger partial charge in [0.05, 0.1) is 5.52 Å². The van der Waals surface area contributed by atoms with E-state index in [-0.39, 0.29) is 5.76 Å². The molecule has 0 unspecified atom stereocenters. The summed E-state index contributed by atoms with van der Waals surface area (Å²) >= 11 is 0. The lowest BCUT2D eigenvalue weighted by Gasteiger charge is -2.03.